The molecule has 0 bridgehead atoms. The SMILES string of the molecule is CN(C[C@H](O)CNC(C)(C)CCCc1ccccc1)Sc1cc(C(=O)O)cc(C(F)(F)F)c1. The normalized spacial score (nSPS) is 13.3. The lowest BCUT2D eigenvalue weighted by Gasteiger charge is -2.29. The summed E-state index contributed by atoms with van der Waals surface area (Å²) in [7, 11) is 1.64. The van der Waals surface area contributed by atoms with Crippen LogP contribution >= 0.6 is 11.9 Å². The van der Waals surface area contributed by atoms with Gasteiger partial charge in [0.05, 0.1) is 17.2 Å². The maximum Gasteiger partial charge on any atom is 0.416 e. The van der Waals surface area contributed by atoms with Crippen LogP contribution in [-0.2, 0) is 12.6 Å². The summed E-state index contributed by atoms with van der Waals surface area (Å²) in [6, 6.07) is 12.9. The Hall–Kier alpha value is -2.07. The fraction of sp³-hybridized carbons (Fsp3) is 0.458. The lowest BCUT2D eigenvalue weighted by atomic mass is 9.95. The van der Waals surface area contributed by atoms with Gasteiger partial charge in [0.1, 0.15) is 0 Å². The topological polar surface area (TPSA) is 72.8 Å². The van der Waals surface area contributed by atoms with Gasteiger partial charge in [0.15, 0.2) is 0 Å². The number of rotatable bonds is 12. The number of hydrogen-bond donors (Lipinski definition) is 3. The quantitative estimate of drug-likeness (QED) is 0.364. The van der Waals surface area contributed by atoms with Gasteiger partial charge in [0, 0.05) is 23.5 Å². The molecule has 0 aliphatic carbocycles. The summed E-state index contributed by atoms with van der Waals surface area (Å²) < 4.78 is 40.9. The third-order valence-corrected chi connectivity index (χ3v) is 6.04. The molecule has 0 radical (unpaired) electrons. The number of carboxylic acids is 1. The molecule has 9 heteroatoms. The molecule has 3 N–H and O–H groups in total. The van der Waals surface area contributed by atoms with Crippen LogP contribution in [0.1, 0.15) is 48.2 Å². The highest BCUT2D eigenvalue weighted by Gasteiger charge is 2.32. The number of aliphatic hydroxyl groups is 1. The number of aromatic carboxylic acids is 1. The number of carboxylic acid groups (broad SMARTS) is 1. The zero-order chi connectivity index (χ0) is 24.6. The summed E-state index contributed by atoms with van der Waals surface area (Å²) in [5, 5.41) is 22.9. The molecule has 0 aliphatic rings. The van der Waals surface area contributed by atoms with Gasteiger partial charge in [0.25, 0.3) is 0 Å². The summed E-state index contributed by atoms with van der Waals surface area (Å²) in [6.07, 6.45) is -2.50. The molecule has 0 spiro atoms. The van der Waals surface area contributed by atoms with Crippen LogP contribution in [0.4, 0.5) is 13.2 Å². The van der Waals surface area contributed by atoms with Crippen LogP contribution in [0.25, 0.3) is 0 Å². The van der Waals surface area contributed by atoms with Gasteiger partial charge in [-0.05, 0) is 75.9 Å². The molecule has 0 saturated carbocycles. The lowest BCUT2D eigenvalue weighted by molar-refractivity contribution is -0.137. The van der Waals surface area contributed by atoms with E-state index >= 15 is 0 Å². The molecule has 2 aromatic rings. The first kappa shape index (κ1) is 27.2. The van der Waals surface area contributed by atoms with E-state index in [-0.39, 0.29) is 17.0 Å². The number of carbonyl (C=O) groups is 1. The fourth-order valence-corrected chi connectivity index (χ4v) is 4.34. The molecule has 2 rings (SSSR count). The van der Waals surface area contributed by atoms with Crippen LogP contribution in [0, 0.1) is 0 Å². The number of nitrogens with one attached hydrogen (secondary N) is 1. The number of hydrogen-bond acceptors (Lipinski definition) is 5. The van der Waals surface area contributed by atoms with E-state index in [1.54, 1.807) is 11.4 Å². The standard InChI is InChI=1S/C24H31F3N2O3S/c1-23(2,11-7-10-17-8-5-4-6-9-17)28-15-20(30)16-29(3)33-21-13-18(22(31)32)12-19(14-21)24(25,26)27/h4-6,8-9,12-14,20,28,30H,7,10-11,15-16H2,1-3H3,(H,31,32)/t20-/m1/s1. The minimum Gasteiger partial charge on any atom is -0.478 e. The van der Waals surface area contributed by atoms with Crippen molar-refractivity contribution in [2.75, 3.05) is 20.1 Å². The zero-order valence-electron chi connectivity index (χ0n) is 19.0. The number of nitrogens with zero attached hydrogens (tertiary/aromatic N) is 1. The Bertz CT molecular complexity index is 908. The van der Waals surface area contributed by atoms with Crippen molar-refractivity contribution in [3.05, 3.63) is 65.2 Å². The van der Waals surface area contributed by atoms with Gasteiger partial charge in [-0.15, -0.1) is 0 Å². The van der Waals surface area contributed by atoms with Crippen molar-refractivity contribution in [3.63, 3.8) is 0 Å². The largest absolute Gasteiger partial charge is 0.478 e. The van der Waals surface area contributed by atoms with E-state index in [2.05, 4.69) is 31.3 Å². The smallest absolute Gasteiger partial charge is 0.416 e. The highest BCUT2D eigenvalue weighted by atomic mass is 32.2. The van der Waals surface area contributed by atoms with Crippen LogP contribution in [-0.4, -0.2) is 52.3 Å². The van der Waals surface area contributed by atoms with E-state index in [0.29, 0.717) is 12.6 Å². The van der Waals surface area contributed by atoms with Crippen molar-refractivity contribution in [1.29, 1.82) is 0 Å². The lowest BCUT2D eigenvalue weighted by Crippen LogP contribution is -2.45. The Morgan fingerprint density at radius 2 is 1.82 bits per heavy atom. The maximum absolute atomic E-state index is 13.1. The van der Waals surface area contributed by atoms with Gasteiger partial charge in [0.2, 0.25) is 0 Å². The highest BCUT2D eigenvalue weighted by Crippen LogP contribution is 2.34. The van der Waals surface area contributed by atoms with Gasteiger partial charge in [-0.1, -0.05) is 30.3 Å². The average molecular weight is 485 g/mol. The van der Waals surface area contributed by atoms with Gasteiger partial charge in [-0.3, -0.25) is 0 Å². The van der Waals surface area contributed by atoms with Gasteiger partial charge in [-0.25, -0.2) is 9.10 Å². The number of aliphatic hydroxyl groups excluding tert-OH is 1. The van der Waals surface area contributed by atoms with Crippen molar-refractivity contribution < 1.29 is 28.2 Å². The van der Waals surface area contributed by atoms with Crippen LogP contribution in [0.5, 0.6) is 0 Å². The van der Waals surface area contributed by atoms with Crippen molar-refractivity contribution >= 4 is 17.9 Å². The number of alkyl halides is 3. The van der Waals surface area contributed by atoms with E-state index in [1.807, 2.05) is 18.2 Å². The summed E-state index contributed by atoms with van der Waals surface area (Å²) in [5.41, 5.74) is -0.343. The number of aryl methyl sites for hydroxylation is 1. The minimum absolute atomic E-state index is 0.145. The number of benzene rings is 2. The van der Waals surface area contributed by atoms with E-state index in [0.717, 1.165) is 37.3 Å². The number of halogens is 3. The summed E-state index contributed by atoms with van der Waals surface area (Å²) in [5.74, 6) is -1.43. The van der Waals surface area contributed by atoms with Crippen molar-refractivity contribution in [2.24, 2.45) is 0 Å². The van der Waals surface area contributed by atoms with Crippen molar-refractivity contribution in [1.82, 2.24) is 9.62 Å². The van der Waals surface area contributed by atoms with E-state index < -0.39 is 29.4 Å². The van der Waals surface area contributed by atoms with Crippen molar-refractivity contribution in [2.45, 2.75) is 55.8 Å². The molecule has 33 heavy (non-hydrogen) atoms. The predicted molar refractivity (Wildman–Crippen MR) is 124 cm³/mol. The molecular formula is C24H31F3N2O3S. The second-order valence-electron chi connectivity index (χ2n) is 8.71. The van der Waals surface area contributed by atoms with Crippen LogP contribution < -0.4 is 5.32 Å². The number of β-amino-alcohol motifs (C(OH)–C–C–N with tert-alkyl or cyclic N) is 1. The Labute approximate surface area is 197 Å². The van der Waals surface area contributed by atoms with E-state index in [4.69, 9.17) is 5.11 Å². The highest BCUT2D eigenvalue weighted by molar-refractivity contribution is 7.97. The Morgan fingerprint density at radius 1 is 1.15 bits per heavy atom. The van der Waals surface area contributed by atoms with E-state index in [1.165, 1.54) is 11.6 Å². The minimum atomic E-state index is -4.64. The Balaban J connectivity index is 1.84. The van der Waals surface area contributed by atoms with Gasteiger partial charge in [-0.2, -0.15) is 13.2 Å². The molecule has 0 saturated heterocycles. The molecule has 1 atom stereocenters. The molecular weight excluding hydrogens is 453 g/mol. The fourth-order valence-electron chi connectivity index (χ4n) is 3.38. The first-order chi connectivity index (χ1) is 15.4. The first-order valence-electron chi connectivity index (χ1n) is 10.7. The summed E-state index contributed by atoms with van der Waals surface area (Å²) in [6.45, 7) is 4.65. The molecule has 0 unspecified atom stereocenters. The number of likely N-dealkylation sites (N-methyl/N-ethyl adjacent to an activating group) is 1. The van der Waals surface area contributed by atoms with Gasteiger partial charge >= 0.3 is 12.1 Å². The van der Waals surface area contributed by atoms with Crippen LogP contribution in [0.3, 0.4) is 0 Å². The first-order valence-corrected chi connectivity index (χ1v) is 11.4. The van der Waals surface area contributed by atoms with Crippen molar-refractivity contribution in [3.8, 4) is 0 Å². The second kappa shape index (κ2) is 11.9. The van der Waals surface area contributed by atoms with Crippen LogP contribution in [0.15, 0.2) is 53.4 Å². The maximum atomic E-state index is 13.1. The molecule has 0 fully saturated rings. The summed E-state index contributed by atoms with van der Waals surface area (Å²) >= 11 is 0.961. The Morgan fingerprint density at radius 3 is 2.42 bits per heavy atom. The molecule has 2 aromatic carbocycles. The third kappa shape index (κ3) is 9.75. The molecule has 5 nitrogen and oxygen atoms in total. The molecule has 182 valence electrons. The molecule has 0 aliphatic heterocycles. The molecule has 0 aromatic heterocycles. The Kier molecular flexibility index (Phi) is 9.78. The molecule has 0 amide bonds. The van der Waals surface area contributed by atoms with E-state index in [9.17, 15) is 23.1 Å². The predicted octanol–water partition coefficient (Wildman–Crippen LogP) is 5.09. The summed E-state index contributed by atoms with van der Waals surface area (Å²) in [4.78, 5) is 11.3. The average Bonchev–Trinajstić information content (AvgIpc) is 2.72. The zero-order valence-corrected chi connectivity index (χ0v) is 19.8. The third-order valence-electron chi connectivity index (χ3n) is 5.14. The monoisotopic (exact) mass is 484 g/mol. The van der Waals surface area contributed by atoms with Gasteiger partial charge < -0.3 is 15.5 Å². The second-order valence-corrected chi connectivity index (χ2v) is 9.99. The van der Waals surface area contributed by atoms with Crippen LogP contribution in [0.2, 0.25) is 0 Å². The molecule has 0 heterocycles.